The fraction of sp³-hybridized carbons (Fsp3) is 0.579. The van der Waals surface area contributed by atoms with E-state index in [4.69, 9.17) is 9.47 Å². The van der Waals surface area contributed by atoms with Crippen LogP contribution < -0.4 is 10.1 Å². The topological polar surface area (TPSA) is 67.9 Å². The van der Waals surface area contributed by atoms with Crippen molar-refractivity contribution in [2.75, 3.05) is 20.3 Å². The van der Waals surface area contributed by atoms with Crippen LogP contribution in [-0.2, 0) is 16.0 Å². The largest absolute Gasteiger partial charge is 0.497 e. The Bertz CT molecular complexity index is 625. The molecule has 1 aromatic rings. The Morgan fingerprint density at radius 1 is 1.28 bits per heavy atom. The van der Waals surface area contributed by atoms with Gasteiger partial charge in [0, 0.05) is 6.61 Å². The summed E-state index contributed by atoms with van der Waals surface area (Å²) >= 11 is 0. The van der Waals surface area contributed by atoms with E-state index in [0.29, 0.717) is 26.0 Å². The Kier molecular flexibility index (Phi) is 5.27. The first kappa shape index (κ1) is 17.7. The molecule has 136 valence electrons. The molecule has 1 N–H and O–H groups in total. The van der Waals surface area contributed by atoms with Gasteiger partial charge < -0.3 is 14.8 Å². The molecule has 25 heavy (non-hydrogen) atoms. The zero-order chi connectivity index (χ0) is 17.9. The molecule has 2 heterocycles. The van der Waals surface area contributed by atoms with E-state index >= 15 is 0 Å². The molecule has 0 saturated carbocycles. The molecule has 6 nitrogen and oxygen atoms in total. The SMILES string of the molecule is COc1ccc(CC[C@@]2(C)NC(=O)N(C[C@H]3CCCCO3)C2=O)cc1. The number of nitrogens with one attached hydrogen (secondary N) is 1. The number of rotatable bonds is 6. The second-order valence-electron chi connectivity index (χ2n) is 7.01. The number of carbonyl (C=O) groups is 2. The molecule has 2 atom stereocenters. The lowest BCUT2D eigenvalue weighted by atomic mass is 9.93. The molecule has 3 rings (SSSR count). The van der Waals surface area contributed by atoms with Crippen LogP contribution in [0.3, 0.4) is 0 Å². The number of imide groups is 1. The summed E-state index contributed by atoms with van der Waals surface area (Å²) in [6, 6.07) is 7.46. The maximum absolute atomic E-state index is 12.8. The van der Waals surface area contributed by atoms with Crippen LogP contribution in [0.1, 0.15) is 38.2 Å². The van der Waals surface area contributed by atoms with Crippen LogP contribution >= 0.6 is 0 Å². The molecule has 0 aromatic heterocycles. The normalized spacial score (nSPS) is 26.6. The summed E-state index contributed by atoms with van der Waals surface area (Å²) in [4.78, 5) is 26.4. The van der Waals surface area contributed by atoms with Crippen LogP contribution in [0.2, 0.25) is 0 Å². The van der Waals surface area contributed by atoms with Crippen LogP contribution in [0.4, 0.5) is 4.79 Å². The lowest BCUT2D eigenvalue weighted by Crippen LogP contribution is -2.45. The zero-order valence-corrected chi connectivity index (χ0v) is 14.9. The monoisotopic (exact) mass is 346 g/mol. The number of aryl methyl sites for hydroxylation is 1. The molecule has 0 unspecified atom stereocenters. The van der Waals surface area contributed by atoms with Crippen molar-refractivity contribution in [3.05, 3.63) is 29.8 Å². The quantitative estimate of drug-likeness (QED) is 0.804. The maximum atomic E-state index is 12.8. The van der Waals surface area contributed by atoms with Gasteiger partial charge in [-0.15, -0.1) is 0 Å². The fourth-order valence-electron chi connectivity index (χ4n) is 3.42. The van der Waals surface area contributed by atoms with Gasteiger partial charge in [0.15, 0.2) is 0 Å². The summed E-state index contributed by atoms with van der Waals surface area (Å²) in [7, 11) is 1.63. The van der Waals surface area contributed by atoms with E-state index in [9.17, 15) is 9.59 Å². The molecule has 2 fully saturated rings. The van der Waals surface area contributed by atoms with E-state index in [0.717, 1.165) is 30.6 Å². The molecular formula is C19H26N2O4. The van der Waals surface area contributed by atoms with Gasteiger partial charge in [-0.05, 0) is 56.7 Å². The van der Waals surface area contributed by atoms with Crippen molar-refractivity contribution in [1.29, 1.82) is 0 Å². The van der Waals surface area contributed by atoms with Crippen LogP contribution in [0.25, 0.3) is 0 Å². The van der Waals surface area contributed by atoms with E-state index in [2.05, 4.69) is 5.32 Å². The molecule has 2 saturated heterocycles. The third-order valence-electron chi connectivity index (χ3n) is 5.08. The summed E-state index contributed by atoms with van der Waals surface area (Å²) in [5, 5.41) is 2.87. The minimum Gasteiger partial charge on any atom is -0.497 e. The smallest absolute Gasteiger partial charge is 0.325 e. The zero-order valence-electron chi connectivity index (χ0n) is 14.9. The third kappa shape index (κ3) is 3.95. The summed E-state index contributed by atoms with van der Waals surface area (Å²) in [5.74, 6) is 0.652. The molecule has 1 aromatic carbocycles. The Morgan fingerprint density at radius 3 is 2.68 bits per heavy atom. The molecule has 0 bridgehead atoms. The van der Waals surface area contributed by atoms with Crippen LogP contribution in [0.15, 0.2) is 24.3 Å². The number of nitrogens with zero attached hydrogens (tertiary/aromatic N) is 1. The van der Waals surface area contributed by atoms with Gasteiger partial charge in [-0.25, -0.2) is 4.79 Å². The summed E-state index contributed by atoms with van der Waals surface area (Å²) in [6.45, 7) is 2.87. The Balaban J connectivity index is 1.60. The van der Waals surface area contributed by atoms with Gasteiger partial charge in [0.1, 0.15) is 11.3 Å². The van der Waals surface area contributed by atoms with E-state index in [1.807, 2.05) is 24.3 Å². The van der Waals surface area contributed by atoms with Crippen molar-refractivity contribution in [2.45, 2.75) is 50.7 Å². The van der Waals surface area contributed by atoms with E-state index in [1.165, 1.54) is 4.90 Å². The first-order valence-corrected chi connectivity index (χ1v) is 8.90. The van der Waals surface area contributed by atoms with Crippen molar-refractivity contribution < 1.29 is 19.1 Å². The van der Waals surface area contributed by atoms with Crippen molar-refractivity contribution in [1.82, 2.24) is 10.2 Å². The number of carbonyl (C=O) groups excluding carboxylic acids is 2. The molecule has 0 radical (unpaired) electrons. The molecular weight excluding hydrogens is 320 g/mol. The van der Waals surface area contributed by atoms with Gasteiger partial charge in [0.2, 0.25) is 0 Å². The first-order valence-electron chi connectivity index (χ1n) is 8.90. The predicted molar refractivity (Wildman–Crippen MR) is 93.6 cm³/mol. The lowest BCUT2D eigenvalue weighted by Gasteiger charge is -2.26. The maximum Gasteiger partial charge on any atom is 0.325 e. The van der Waals surface area contributed by atoms with Crippen LogP contribution in [-0.4, -0.2) is 48.7 Å². The molecule has 3 amide bonds. The highest BCUT2D eigenvalue weighted by molar-refractivity contribution is 6.06. The Labute approximate surface area is 148 Å². The minimum atomic E-state index is -0.855. The van der Waals surface area contributed by atoms with Crippen LogP contribution in [0, 0.1) is 0 Å². The summed E-state index contributed by atoms with van der Waals surface area (Å²) < 4.78 is 10.8. The average molecular weight is 346 g/mol. The molecule has 0 aliphatic carbocycles. The molecule has 2 aliphatic rings. The van der Waals surface area contributed by atoms with Crippen molar-refractivity contribution >= 4 is 11.9 Å². The van der Waals surface area contributed by atoms with Crippen LogP contribution in [0.5, 0.6) is 5.75 Å². The highest BCUT2D eigenvalue weighted by Crippen LogP contribution is 2.25. The molecule has 2 aliphatic heterocycles. The van der Waals surface area contributed by atoms with Gasteiger partial charge >= 0.3 is 6.03 Å². The van der Waals surface area contributed by atoms with Crippen molar-refractivity contribution in [3.8, 4) is 5.75 Å². The lowest BCUT2D eigenvalue weighted by molar-refractivity contribution is -0.132. The van der Waals surface area contributed by atoms with Gasteiger partial charge in [-0.3, -0.25) is 9.69 Å². The van der Waals surface area contributed by atoms with E-state index in [-0.39, 0.29) is 18.0 Å². The number of ether oxygens (including phenoxy) is 2. The average Bonchev–Trinajstić information content (AvgIpc) is 2.85. The third-order valence-corrected chi connectivity index (χ3v) is 5.08. The van der Waals surface area contributed by atoms with Crippen molar-refractivity contribution in [3.63, 3.8) is 0 Å². The Hall–Kier alpha value is -2.08. The van der Waals surface area contributed by atoms with Crippen molar-refractivity contribution in [2.24, 2.45) is 0 Å². The number of amides is 3. The highest BCUT2D eigenvalue weighted by Gasteiger charge is 2.47. The number of urea groups is 1. The second kappa shape index (κ2) is 7.44. The minimum absolute atomic E-state index is 0.0348. The molecule has 0 spiro atoms. The summed E-state index contributed by atoms with van der Waals surface area (Å²) in [6.07, 6.45) is 4.28. The first-order chi connectivity index (χ1) is 12.0. The second-order valence-corrected chi connectivity index (χ2v) is 7.01. The fourth-order valence-corrected chi connectivity index (χ4v) is 3.42. The number of hydrogen-bond acceptors (Lipinski definition) is 4. The molecule has 6 heteroatoms. The number of benzene rings is 1. The van der Waals surface area contributed by atoms with Gasteiger partial charge in [-0.2, -0.15) is 0 Å². The highest BCUT2D eigenvalue weighted by atomic mass is 16.5. The predicted octanol–water partition coefficient (Wildman–Crippen LogP) is 2.51. The van der Waals surface area contributed by atoms with E-state index in [1.54, 1.807) is 14.0 Å². The van der Waals surface area contributed by atoms with Gasteiger partial charge in [0.25, 0.3) is 5.91 Å². The van der Waals surface area contributed by atoms with Gasteiger partial charge in [0.05, 0.1) is 19.8 Å². The summed E-state index contributed by atoms with van der Waals surface area (Å²) in [5.41, 5.74) is 0.254. The number of hydrogen-bond donors (Lipinski definition) is 1. The van der Waals surface area contributed by atoms with E-state index < -0.39 is 5.54 Å². The standard InChI is InChI=1S/C19H26N2O4/c1-19(11-10-14-6-8-15(24-2)9-7-14)17(22)21(18(23)20-19)13-16-5-3-4-12-25-16/h6-9,16H,3-5,10-13H2,1-2H3,(H,20,23)/t16-,19-/m1/s1. The Morgan fingerprint density at radius 2 is 2.04 bits per heavy atom. The van der Waals surface area contributed by atoms with Gasteiger partial charge in [-0.1, -0.05) is 12.1 Å². The number of methoxy groups -OCH3 is 1.